The number of hydrogen-bond donors (Lipinski definition) is 2. The van der Waals surface area contributed by atoms with Crippen LogP contribution >= 0.6 is 0 Å². The SMILES string of the molecule is CCCCCCCC(Nc1ccccc1OC)C(N)=O. The third-order valence-electron chi connectivity index (χ3n) is 3.38. The van der Waals surface area contributed by atoms with E-state index in [1.165, 1.54) is 19.3 Å². The molecule has 4 heteroatoms. The molecule has 1 atom stereocenters. The Morgan fingerprint density at radius 3 is 2.60 bits per heavy atom. The summed E-state index contributed by atoms with van der Waals surface area (Å²) in [6.45, 7) is 2.19. The summed E-state index contributed by atoms with van der Waals surface area (Å²) in [7, 11) is 1.62. The molecule has 0 heterocycles. The standard InChI is InChI=1S/C16H26N2O2/c1-3-4-5-6-7-11-14(16(17)19)18-13-10-8-9-12-15(13)20-2/h8-10,12,14,18H,3-7,11H2,1-2H3,(H2,17,19). The van der Waals surface area contributed by atoms with Crippen LogP contribution in [0.3, 0.4) is 0 Å². The molecule has 0 spiro atoms. The monoisotopic (exact) mass is 278 g/mol. The van der Waals surface area contributed by atoms with Gasteiger partial charge in [0, 0.05) is 0 Å². The Morgan fingerprint density at radius 1 is 1.25 bits per heavy atom. The number of ether oxygens (including phenoxy) is 1. The fraction of sp³-hybridized carbons (Fsp3) is 0.562. The van der Waals surface area contributed by atoms with Gasteiger partial charge in [-0.2, -0.15) is 0 Å². The molecule has 4 nitrogen and oxygen atoms in total. The summed E-state index contributed by atoms with van der Waals surface area (Å²) in [6, 6.07) is 7.22. The highest BCUT2D eigenvalue weighted by Gasteiger charge is 2.16. The summed E-state index contributed by atoms with van der Waals surface area (Å²) in [5.41, 5.74) is 6.29. The zero-order valence-electron chi connectivity index (χ0n) is 12.5. The summed E-state index contributed by atoms with van der Waals surface area (Å²) in [5, 5.41) is 3.19. The molecule has 112 valence electrons. The number of carbonyl (C=O) groups excluding carboxylic acids is 1. The zero-order chi connectivity index (χ0) is 14.8. The Morgan fingerprint density at radius 2 is 1.95 bits per heavy atom. The van der Waals surface area contributed by atoms with E-state index in [4.69, 9.17) is 10.5 Å². The van der Waals surface area contributed by atoms with Crippen molar-refractivity contribution in [2.45, 2.75) is 51.5 Å². The highest BCUT2D eigenvalue weighted by molar-refractivity contribution is 5.83. The van der Waals surface area contributed by atoms with Gasteiger partial charge in [-0.3, -0.25) is 4.79 Å². The lowest BCUT2D eigenvalue weighted by atomic mass is 10.1. The predicted molar refractivity (Wildman–Crippen MR) is 83.0 cm³/mol. The second kappa shape index (κ2) is 9.23. The second-order valence-corrected chi connectivity index (χ2v) is 5.00. The minimum absolute atomic E-state index is 0.314. The number of nitrogens with two attached hydrogens (primary N) is 1. The topological polar surface area (TPSA) is 64.3 Å². The third-order valence-corrected chi connectivity index (χ3v) is 3.38. The number of hydrogen-bond acceptors (Lipinski definition) is 3. The van der Waals surface area contributed by atoms with Crippen molar-refractivity contribution < 1.29 is 9.53 Å². The highest BCUT2D eigenvalue weighted by Crippen LogP contribution is 2.24. The molecule has 0 aliphatic heterocycles. The first-order valence-electron chi connectivity index (χ1n) is 7.38. The van der Waals surface area contributed by atoms with Gasteiger partial charge >= 0.3 is 0 Å². The van der Waals surface area contributed by atoms with E-state index in [-0.39, 0.29) is 11.9 Å². The largest absolute Gasteiger partial charge is 0.495 e. The van der Waals surface area contributed by atoms with Crippen LogP contribution in [0, 0.1) is 0 Å². The Labute approximate surface area is 121 Å². The van der Waals surface area contributed by atoms with Crippen molar-refractivity contribution in [1.29, 1.82) is 0 Å². The molecule has 0 aliphatic rings. The van der Waals surface area contributed by atoms with Gasteiger partial charge in [0.05, 0.1) is 12.8 Å². The second-order valence-electron chi connectivity index (χ2n) is 5.00. The van der Waals surface area contributed by atoms with Gasteiger partial charge in [0.25, 0.3) is 0 Å². The molecule has 1 aromatic carbocycles. The van der Waals surface area contributed by atoms with Crippen LogP contribution in [-0.4, -0.2) is 19.1 Å². The van der Waals surface area contributed by atoms with Crippen LogP contribution in [0.15, 0.2) is 24.3 Å². The summed E-state index contributed by atoms with van der Waals surface area (Å²) in [5.74, 6) is 0.413. The molecular formula is C16H26N2O2. The van der Waals surface area contributed by atoms with E-state index < -0.39 is 0 Å². The molecule has 0 aliphatic carbocycles. The molecule has 0 saturated carbocycles. The fourth-order valence-corrected chi connectivity index (χ4v) is 2.19. The highest BCUT2D eigenvalue weighted by atomic mass is 16.5. The lowest BCUT2D eigenvalue weighted by Gasteiger charge is -2.18. The number of amides is 1. The van der Waals surface area contributed by atoms with Crippen LogP contribution < -0.4 is 15.8 Å². The van der Waals surface area contributed by atoms with Crippen molar-refractivity contribution in [3.8, 4) is 5.75 Å². The maximum atomic E-state index is 11.5. The summed E-state index contributed by atoms with van der Waals surface area (Å²) in [4.78, 5) is 11.5. The fourth-order valence-electron chi connectivity index (χ4n) is 2.19. The number of para-hydroxylation sites is 2. The first-order chi connectivity index (χ1) is 9.69. The molecule has 0 saturated heterocycles. The lowest BCUT2D eigenvalue weighted by molar-refractivity contribution is -0.118. The van der Waals surface area contributed by atoms with Crippen molar-refractivity contribution in [3.63, 3.8) is 0 Å². The number of benzene rings is 1. The number of methoxy groups -OCH3 is 1. The number of carbonyl (C=O) groups is 1. The van der Waals surface area contributed by atoms with Crippen LogP contribution in [0.5, 0.6) is 5.75 Å². The minimum atomic E-state index is -0.340. The number of primary amides is 1. The van der Waals surface area contributed by atoms with Gasteiger partial charge in [0.1, 0.15) is 11.8 Å². The van der Waals surface area contributed by atoms with Gasteiger partial charge in [0.2, 0.25) is 5.91 Å². The Hall–Kier alpha value is -1.71. The molecule has 1 rings (SSSR count). The molecule has 0 fully saturated rings. The Kier molecular flexibility index (Phi) is 7.55. The lowest BCUT2D eigenvalue weighted by Crippen LogP contribution is -2.35. The van der Waals surface area contributed by atoms with E-state index in [9.17, 15) is 4.79 Å². The maximum Gasteiger partial charge on any atom is 0.239 e. The van der Waals surface area contributed by atoms with Gasteiger partial charge in [-0.1, -0.05) is 51.2 Å². The number of rotatable bonds is 10. The van der Waals surface area contributed by atoms with Gasteiger partial charge in [-0.15, -0.1) is 0 Å². The predicted octanol–water partition coefficient (Wildman–Crippen LogP) is 3.32. The molecule has 3 N–H and O–H groups in total. The molecule has 0 bridgehead atoms. The van der Waals surface area contributed by atoms with E-state index in [0.717, 1.165) is 30.7 Å². The molecule has 1 amide bonds. The van der Waals surface area contributed by atoms with Gasteiger partial charge in [0.15, 0.2) is 0 Å². The van der Waals surface area contributed by atoms with Crippen molar-refractivity contribution in [1.82, 2.24) is 0 Å². The van der Waals surface area contributed by atoms with E-state index in [2.05, 4.69) is 12.2 Å². The van der Waals surface area contributed by atoms with Crippen molar-refractivity contribution in [2.75, 3.05) is 12.4 Å². The van der Waals surface area contributed by atoms with E-state index >= 15 is 0 Å². The molecule has 20 heavy (non-hydrogen) atoms. The number of anilines is 1. The summed E-state index contributed by atoms with van der Waals surface area (Å²) >= 11 is 0. The van der Waals surface area contributed by atoms with Crippen LogP contribution in [0.2, 0.25) is 0 Å². The average Bonchev–Trinajstić information content (AvgIpc) is 2.46. The Bertz CT molecular complexity index is 407. The number of nitrogens with one attached hydrogen (secondary N) is 1. The summed E-state index contributed by atoms with van der Waals surface area (Å²) < 4.78 is 5.27. The van der Waals surface area contributed by atoms with Crippen LogP contribution in [0.25, 0.3) is 0 Å². The van der Waals surface area contributed by atoms with Crippen LogP contribution in [0.4, 0.5) is 5.69 Å². The quantitative estimate of drug-likeness (QED) is 0.645. The zero-order valence-corrected chi connectivity index (χ0v) is 12.5. The van der Waals surface area contributed by atoms with Crippen LogP contribution in [-0.2, 0) is 4.79 Å². The molecule has 0 aromatic heterocycles. The molecular weight excluding hydrogens is 252 g/mol. The molecule has 1 aromatic rings. The first-order valence-corrected chi connectivity index (χ1v) is 7.38. The molecule has 1 unspecified atom stereocenters. The van der Waals surface area contributed by atoms with Crippen molar-refractivity contribution in [3.05, 3.63) is 24.3 Å². The normalized spacial score (nSPS) is 11.9. The minimum Gasteiger partial charge on any atom is -0.495 e. The Balaban J connectivity index is 2.52. The van der Waals surface area contributed by atoms with Gasteiger partial charge < -0.3 is 15.8 Å². The number of unbranched alkanes of at least 4 members (excludes halogenated alkanes) is 4. The van der Waals surface area contributed by atoms with E-state index in [1.54, 1.807) is 7.11 Å². The smallest absolute Gasteiger partial charge is 0.239 e. The van der Waals surface area contributed by atoms with Gasteiger partial charge in [-0.05, 0) is 18.6 Å². The average molecular weight is 278 g/mol. The van der Waals surface area contributed by atoms with E-state index in [1.807, 2.05) is 24.3 Å². The maximum absolute atomic E-state index is 11.5. The third kappa shape index (κ3) is 5.51. The first kappa shape index (κ1) is 16.3. The molecule has 0 radical (unpaired) electrons. The van der Waals surface area contributed by atoms with Crippen molar-refractivity contribution in [2.24, 2.45) is 5.73 Å². The van der Waals surface area contributed by atoms with E-state index in [0.29, 0.717) is 0 Å². The van der Waals surface area contributed by atoms with Gasteiger partial charge in [-0.25, -0.2) is 0 Å². The van der Waals surface area contributed by atoms with Crippen molar-refractivity contribution >= 4 is 11.6 Å². The van der Waals surface area contributed by atoms with Crippen LogP contribution in [0.1, 0.15) is 45.4 Å². The summed E-state index contributed by atoms with van der Waals surface area (Å²) in [6.07, 6.45) is 6.61.